The monoisotopic (exact) mass is 358 g/mol. The average Bonchev–Trinajstić information content (AvgIpc) is 2.66. The number of amides is 2. The maximum atomic E-state index is 11.5. The fourth-order valence-electron chi connectivity index (χ4n) is 2.44. The SMILES string of the molecule is [B].[CH2-]C1(C([NH-])=O)Cc2ccc(NC(=O)CCC)cc2C1.[Y]. The van der Waals surface area contributed by atoms with Crippen LogP contribution in [0.15, 0.2) is 18.2 Å². The minimum atomic E-state index is -0.853. The van der Waals surface area contributed by atoms with Crippen LogP contribution in [0, 0.1) is 12.3 Å². The summed E-state index contributed by atoms with van der Waals surface area (Å²) in [7, 11) is 0. The van der Waals surface area contributed by atoms with Crippen molar-refractivity contribution in [2.45, 2.75) is 32.6 Å². The van der Waals surface area contributed by atoms with Gasteiger partial charge in [-0.3, -0.25) is 4.79 Å². The van der Waals surface area contributed by atoms with Crippen LogP contribution in [0.25, 0.3) is 5.73 Å². The number of carbonyl (C=O) groups is 2. The normalized spacial score (nSPS) is 19.0. The third-order valence-corrected chi connectivity index (χ3v) is 3.51. The molecule has 4 nitrogen and oxygen atoms in total. The van der Waals surface area contributed by atoms with E-state index in [1.807, 2.05) is 25.1 Å². The van der Waals surface area contributed by atoms with Gasteiger partial charge in [-0.25, -0.2) is 0 Å². The second-order valence-electron chi connectivity index (χ2n) is 5.24. The molecule has 0 heterocycles. The smallest absolute Gasteiger partial charge is 0.224 e. The first kappa shape index (κ1) is 20.3. The summed E-state index contributed by atoms with van der Waals surface area (Å²) < 4.78 is 0. The molecule has 2 rings (SSSR count). The van der Waals surface area contributed by atoms with Gasteiger partial charge < -0.3 is 22.8 Å². The second kappa shape index (κ2) is 8.09. The van der Waals surface area contributed by atoms with E-state index in [0.29, 0.717) is 19.3 Å². The molecule has 0 saturated heterocycles. The summed E-state index contributed by atoms with van der Waals surface area (Å²) in [5.74, 6) is -0.627. The fourth-order valence-corrected chi connectivity index (χ4v) is 2.44. The predicted octanol–water partition coefficient (Wildman–Crippen LogP) is 2.54. The van der Waals surface area contributed by atoms with E-state index in [4.69, 9.17) is 5.73 Å². The maximum absolute atomic E-state index is 11.5. The quantitative estimate of drug-likeness (QED) is 0.664. The van der Waals surface area contributed by atoms with Crippen molar-refractivity contribution in [2.75, 3.05) is 5.32 Å². The third-order valence-electron chi connectivity index (χ3n) is 3.51. The Morgan fingerprint density at radius 1 is 1.33 bits per heavy atom. The van der Waals surface area contributed by atoms with E-state index in [-0.39, 0.29) is 47.0 Å². The minimum absolute atomic E-state index is 0. The molecule has 2 amide bonds. The molecule has 0 saturated carbocycles. The number of benzene rings is 1. The number of hydrogen-bond donors (Lipinski definition) is 1. The molecular formula is C15H18BN2O2Y-2. The van der Waals surface area contributed by atoms with E-state index in [2.05, 4.69) is 12.2 Å². The van der Waals surface area contributed by atoms with Crippen LogP contribution in [0.1, 0.15) is 30.9 Å². The molecule has 0 bridgehead atoms. The molecule has 6 heteroatoms. The molecular weight excluding hydrogens is 340 g/mol. The first-order chi connectivity index (χ1) is 8.94. The molecule has 1 atom stereocenters. The molecule has 21 heavy (non-hydrogen) atoms. The van der Waals surface area contributed by atoms with E-state index >= 15 is 0 Å². The molecule has 1 aromatic rings. The van der Waals surface area contributed by atoms with E-state index in [9.17, 15) is 9.59 Å². The average molecular weight is 358 g/mol. The zero-order valence-electron chi connectivity index (χ0n) is 12.2. The summed E-state index contributed by atoms with van der Waals surface area (Å²) in [6.45, 7) is 5.84. The Labute approximate surface area is 153 Å². The first-order valence-electron chi connectivity index (χ1n) is 6.47. The van der Waals surface area contributed by atoms with Crippen LogP contribution in [0.2, 0.25) is 0 Å². The van der Waals surface area contributed by atoms with Crippen LogP contribution in [0.5, 0.6) is 0 Å². The molecule has 108 valence electrons. The van der Waals surface area contributed by atoms with Gasteiger partial charge >= 0.3 is 0 Å². The van der Waals surface area contributed by atoms with Crippen LogP contribution >= 0.6 is 0 Å². The number of anilines is 1. The topological polar surface area (TPSA) is 70.0 Å². The van der Waals surface area contributed by atoms with Gasteiger partial charge in [0.05, 0.1) is 0 Å². The Bertz CT molecular complexity index is 536. The summed E-state index contributed by atoms with van der Waals surface area (Å²) in [6, 6.07) is 5.64. The van der Waals surface area contributed by atoms with Crippen molar-refractivity contribution in [1.29, 1.82) is 0 Å². The molecule has 1 aliphatic rings. The van der Waals surface area contributed by atoms with E-state index < -0.39 is 11.3 Å². The zero-order chi connectivity index (χ0) is 14.0. The zero-order valence-corrected chi connectivity index (χ0v) is 15.1. The second-order valence-corrected chi connectivity index (χ2v) is 5.24. The molecule has 0 spiro atoms. The van der Waals surface area contributed by atoms with Gasteiger partial charge in [0.15, 0.2) is 0 Å². The summed E-state index contributed by atoms with van der Waals surface area (Å²) in [5.41, 5.74) is 9.24. The molecule has 0 aromatic heterocycles. The Morgan fingerprint density at radius 3 is 2.52 bits per heavy atom. The van der Waals surface area contributed by atoms with Gasteiger partial charge in [0.2, 0.25) is 5.91 Å². The number of rotatable bonds is 4. The summed E-state index contributed by atoms with van der Waals surface area (Å²) in [4.78, 5) is 22.9. The van der Waals surface area contributed by atoms with Crippen molar-refractivity contribution < 1.29 is 42.3 Å². The number of hydrogen-bond acceptors (Lipinski definition) is 2. The van der Waals surface area contributed by atoms with Crippen molar-refractivity contribution in [1.82, 2.24) is 0 Å². The van der Waals surface area contributed by atoms with Crippen molar-refractivity contribution in [3.8, 4) is 0 Å². The van der Waals surface area contributed by atoms with Crippen LogP contribution in [-0.2, 0) is 55.1 Å². The largest absolute Gasteiger partial charge is 0.670 e. The van der Waals surface area contributed by atoms with Crippen LogP contribution in [0.4, 0.5) is 5.69 Å². The number of fused-ring (bicyclic) bond motifs is 1. The van der Waals surface area contributed by atoms with Crippen molar-refractivity contribution in [3.63, 3.8) is 0 Å². The van der Waals surface area contributed by atoms with Crippen LogP contribution < -0.4 is 5.32 Å². The summed E-state index contributed by atoms with van der Waals surface area (Å²) in [5, 5.41) is 2.84. The molecule has 1 aromatic carbocycles. The standard InChI is InChI=1S/C15H19N2O2.B.Y/c1-3-4-13(18)17-12-6-5-10-8-15(2,14(16)19)9-11(10)7-12;;/h5-7H,2-4,8-9H2,1H3,(H3,16,17,18,19);;/q-1;;/p-1. The molecule has 0 fully saturated rings. The molecule has 1 aliphatic carbocycles. The minimum Gasteiger partial charge on any atom is -0.670 e. The molecule has 0 aliphatic heterocycles. The van der Waals surface area contributed by atoms with E-state index in [1.165, 1.54) is 0 Å². The number of carbonyl (C=O) groups excluding carboxylic acids is 2. The van der Waals surface area contributed by atoms with Gasteiger partial charge in [-0.05, 0) is 42.5 Å². The van der Waals surface area contributed by atoms with Gasteiger partial charge in [-0.2, -0.15) is 0 Å². The van der Waals surface area contributed by atoms with Crippen molar-refractivity contribution in [2.24, 2.45) is 5.41 Å². The van der Waals surface area contributed by atoms with Gasteiger partial charge in [0.25, 0.3) is 0 Å². The summed E-state index contributed by atoms with van der Waals surface area (Å²) in [6.07, 6.45) is 2.30. The Balaban J connectivity index is 0.00000200. The van der Waals surface area contributed by atoms with Gasteiger partial charge in [0.1, 0.15) is 0 Å². The van der Waals surface area contributed by atoms with Crippen molar-refractivity contribution in [3.05, 3.63) is 42.0 Å². The Morgan fingerprint density at radius 2 is 1.95 bits per heavy atom. The van der Waals surface area contributed by atoms with Gasteiger partial charge in [0, 0.05) is 59.1 Å². The first-order valence-corrected chi connectivity index (χ1v) is 6.47. The van der Waals surface area contributed by atoms with Gasteiger partial charge in [-0.15, -0.1) is 5.41 Å². The van der Waals surface area contributed by atoms with E-state index in [0.717, 1.165) is 23.2 Å². The van der Waals surface area contributed by atoms with Gasteiger partial charge in [-0.1, -0.05) is 13.0 Å². The van der Waals surface area contributed by atoms with Crippen LogP contribution in [-0.4, -0.2) is 20.2 Å². The number of nitrogens with one attached hydrogen (secondary N) is 2. The predicted molar refractivity (Wildman–Crippen MR) is 80.3 cm³/mol. The fraction of sp³-hybridized carbons (Fsp3) is 0.400. The Hall–Kier alpha value is -0.671. The van der Waals surface area contributed by atoms with Crippen LogP contribution in [0.3, 0.4) is 0 Å². The molecule has 4 radical (unpaired) electrons. The van der Waals surface area contributed by atoms with E-state index in [1.54, 1.807) is 0 Å². The molecule has 1 unspecified atom stereocenters. The third kappa shape index (κ3) is 4.65. The summed E-state index contributed by atoms with van der Waals surface area (Å²) >= 11 is 0. The maximum Gasteiger partial charge on any atom is 0.224 e. The molecule has 2 N–H and O–H groups in total. The van der Waals surface area contributed by atoms with Crippen molar-refractivity contribution >= 4 is 25.9 Å². The Kier molecular flexibility index (Phi) is 7.83.